The van der Waals surface area contributed by atoms with Crippen LogP contribution in [0.15, 0.2) is 41.6 Å². The van der Waals surface area contributed by atoms with Crippen molar-refractivity contribution in [3.8, 4) is 0 Å². The summed E-state index contributed by atoms with van der Waals surface area (Å²) in [6.45, 7) is 4.96. The third-order valence-electron chi connectivity index (χ3n) is 2.74. The summed E-state index contributed by atoms with van der Waals surface area (Å²) in [6, 6.07) is 8.60. The van der Waals surface area contributed by atoms with Crippen LogP contribution in [0.4, 0.5) is 0 Å². The number of thioether (sulfide) groups is 1. The molecule has 1 heterocycles. The molecule has 2 aromatic rings. The van der Waals surface area contributed by atoms with Gasteiger partial charge in [-0.2, -0.15) is 0 Å². The average Bonchev–Trinajstić information content (AvgIpc) is 2.85. The van der Waals surface area contributed by atoms with Gasteiger partial charge in [-0.1, -0.05) is 26.0 Å². The van der Waals surface area contributed by atoms with Crippen molar-refractivity contribution in [2.75, 3.05) is 6.54 Å². The number of aromatic nitrogens is 2. The summed E-state index contributed by atoms with van der Waals surface area (Å²) in [7, 11) is 0. The zero-order valence-electron chi connectivity index (χ0n) is 10.8. The maximum atomic E-state index is 5.85. The Morgan fingerprint density at radius 3 is 2.50 bits per heavy atom. The first-order valence-electron chi connectivity index (χ1n) is 6.16. The minimum Gasteiger partial charge on any atom is -0.348 e. The molecule has 0 aliphatic heterocycles. The van der Waals surface area contributed by atoms with Gasteiger partial charge in [-0.25, -0.2) is 4.98 Å². The van der Waals surface area contributed by atoms with Crippen LogP contribution in [0.5, 0.6) is 0 Å². The second-order valence-electron chi connectivity index (χ2n) is 4.50. The minimum absolute atomic E-state index is 0.151. The molecule has 0 fully saturated rings. The summed E-state index contributed by atoms with van der Waals surface area (Å²) in [5.74, 6) is 1.08. The Balaban J connectivity index is 2.17. The Hall–Kier alpha value is -1.26. The highest BCUT2D eigenvalue weighted by molar-refractivity contribution is 7.99. The van der Waals surface area contributed by atoms with E-state index in [1.807, 2.05) is 18.0 Å². The van der Waals surface area contributed by atoms with Crippen molar-refractivity contribution >= 4 is 11.8 Å². The third-order valence-corrected chi connectivity index (χ3v) is 3.76. The highest BCUT2D eigenvalue weighted by Gasteiger charge is 2.14. The Kier molecular flexibility index (Phi) is 4.44. The maximum Gasteiger partial charge on any atom is 0.114 e. The number of imidazole rings is 1. The molecule has 1 atom stereocenters. The standard InChI is InChI=1S/C14H19N3S/c1-10(2)18-12-5-3-11(4-6-12)13(9-15)14-16-7-8-17-14/h3-8,10,13H,9,15H2,1-2H3,(H,16,17). The highest BCUT2D eigenvalue weighted by atomic mass is 32.2. The van der Waals surface area contributed by atoms with E-state index in [0.717, 1.165) is 5.82 Å². The predicted molar refractivity (Wildman–Crippen MR) is 76.9 cm³/mol. The van der Waals surface area contributed by atoms with Crippen LogP contribution < -0.4 is 5.73 Å². The molecular weight excluding hydrogens is 242 g/mol. The van der Waals surface area contributed by atoms with Crippen molar-refractivity contribution < 1.29 is 0 Å². The minimum atomic E-state index is 0.151. The predicted octanol–water partition coefficient (Wildman–Crippen LogP) is 3.00. The second kappa shape index (κ2) is 6.07. The molecule has 0 spiro atoms. The topological polar surface area (TPSA) is 54.7 Å². The SMILES string of the molecule is CC(C)Sc1ccc(C(CN)c2ncc[nH]2)cc1. The molecular formula is C14H19N3S. The average molecular weight is 261 g/mol. The van der Waals surface area contributed by atoms with Crippen molar-refractivity contribution in [1.29, 1.82) is 0 Å². The second-order valence-corrected chi connectivity index (χ2v) is 6.15. The number of H-pyrrole nitrogens is 1. The normalized spacial score (nSPS) is 12.9. The molecule has 0 amide bonds. The van der Waals surface area contributed by atoms with Crippen LogP contribution in [0, 0.1) is 0 Å². The number of benzene rings is 1. The fourth-order valence-electron chi connectivity index (χ4n) is 1.92. The van der Waals surface area contributed by atoms with Gasteiger partial charge in [-0.3, -0.25) is 0 Å². The fourth-order valence-corrected chi connectivity index (χ4v) is 2.76. The number of aromatic amines is 1. The van der Waals surface area contributed by atoms with E-state index in [1.165, 1.54) is 10.5 Å². The van der Waals surface area contributed by atoms with Gasteiger partial charge in [-0.05, 0) is 17.7 Å². The number of nitrogens with zero attached hydrogens (tertiary/aromatic N) is 1. The smallest absolute Gasteiger partial charge is 0.114 e. The van der Waals surface area contributed by atoms with Gasteiger partial charge >= 0.3 is 0 Å². The van der Waals surface area contributed by atoms with E-state index in [2.05, 4.69) is 48.1 Å². The number of nitrogens with one attached hydrogen (secondary N) is 1. The van der Waals surface area contributed by atoms with Gasteiger partial charge in [0.2, 0.25) is 0 Å². The van der Waals surface area contributed by atoms with E-state index in [9.17, 15) is 0 Å². The van der Waals surface area contributed by atoms with Crippen molar-refractivity contribution in [3.05, 3.63) is 48.0 Å². The van der Waals surface area contributed by atoms with Crippen molar-refractivity contribution in [2.45, 2.75) is 29.9 Å². The first-order chi connectivity index (χ1) is 8.70. The van der Waals surface area contributed by atoms with E-state index in [-0.39, 0.29) is 5.92 Å². The van der Waals surface area contributed by atoms with Gasteiger partial charge in [0, 0.05) is 29.1 Å². The van der Waals surface area contributed by atoms with Crippen molar-refractivity contribution in [3.63, 3.8) is 0 Å². The van der Waals surface area contributed by atoms with Crippen LogP contribution in [0.1, 0.15) is 31.2 Å². The van der Waals surface area contributed by atoms with E-state index < -0.39 is 0 Å². The summed E-state index contributed by atoms with van der Waals surface area (Å²) in [6.07, 6.45) is 3.60. The van der Waals surface area contributed by atoms with Crippen LogP contribution in [0.3, 0.4) is 0 Å². The molecule has 0 radical (unpaired) electrons. The number of rotatable bonds is 5. The molecule has 0 saturated heterocycles. The molecule has 0 saturated carbocycles. The Morgan fingerprint density at radius 1 is 1.28 bits per heavy atom. The Bertz CT molecular complexity index is 462. The summed E-state index contributed by atoms with van der Waals surface area (Å²) in [4.78, 5) is 8.73. The first kappa shape index (κ1) is 13.2. The van der Waals surface area contributed by atoms with Crippen LogP contribution in [-0.2, 0) is 0 Å². The number of nitrogens with two attached hydrogens (primary N) is 1. The third kappa shape index (κ3) is 3.15. The summed E-state index contributed by atoms with van der Waals surface area (Å²) in [5, 5.41) is 0.603. The zero-order chi connectivity index (χ0) is 13.0. The summed E-state index contributed by atoms with van der Waals surface area (Å²) < 4.78 is 0. The molecule has 3 nitrogen and oxygen atoms in total. The highest BCUT2D eigenvalue weighted by Crippen LogP contribution is 2.26. The molecule has 3 N–H and O–H groups in total. The van der Waals surface area contributed by atoms with Crippen molar-refractivity contribution in [2.24, 2.45) is 5.73 Å². The number of hydrogen-bond donors (Lipinski definition) is 2. The lowest BCUT2D eigenvalue weighted by molar-refractivity contribution is 0.764. The molecule has 0 bridgehead atoms. The Labute approximate surface area is 112 Å². The largest absolute Gasteiger partial charge is 0.348 e. The first-order valence-corrected chi connectivity index (χ1v) is 7.04. The molecule has 1 aromatic carbocycles. The molecule has 96 valence electrons. The maximum absolute atomic E-state index is 5.85. The molecule has 1 unspecified atom stereocenters. The van der Waals surface area contributed by atoms with Crippen molar-refractivity contribution in [1.82, 2.24) is 9.97 Å². The van der Waals surface area contributed by atoms with Gasteiger partial charge in [0.1, 0.15) is 5.82 Å². The van der Waals surface area contributed by atoms with Crippen LogP contribution in [0.25, 0.3) is 0 Å². The summed E-state index contributed by atoms with van der Waals surface area (Å²) >= 11 is 1.87. The molecule has 0 aliphatic carbocycles. The lowest BCUT2D eigenvalue weighted by atomic mass is 9.99. The quantitative estimate of drug-likeness (QED) is 0.814. The Morgan fingerprint density at radius 2 is 2.00 bits per heavy atom. The van der Waals surface area contributed by atoms with E-state index in [0.29, 0.717) is 11.8 Å². The van der Waals surface area contributed by atoms with Crippen LogP contribution in [0.2, 0.25) is 0 Å². The van der Waals surface area contributed by atoms with Gasteiger partial charge in [-0.15, -0.1) is 11.8 Å². The molecule has 18 heavy (non-hydrogen) atoms. The molecule has 2 rings (SSSR count). The van der Waals surface area contributed by atoms with Gasteiger partial charge in [0.15, 0.2) is 0 Å². The molecule has 4 heteroatoms. The monoisotopic (exact) mass is 261 g/mol. The van der Waals surface area contributed by atoms with Gasteiger partial charge < -0.3 is 10.7 Å². The fraction of sp³-hybridized carbons (Fsp3) is 0.357. The van der Waals surface area contributed by atoms with E-state index in [4.69, 9.17) is 5.73 Å². The van der Waals surface area contributed by atoms with E-state index >= 15 is 0 Å². The van der Waals surface area contributed by atoms with Crippen LogP contribution >= 0.6 is 11.8 Å². The zero-order valence-corrected chi connectivity index (χ0v) is 11.6. The summed E-state index contributed by atoms with van der Waals surface area (Å²) in [5.41, 5.74) is 7.06. The number of hydrogen-bond acceptors (Lipinski definition) is 3. The lowest BCUT2D eigenvalue weighted by Gasteiger charge is -2.13. The lowest BCUT2D eigenvalue weighted by Crippen LogP contribution is -2.15. The van der Waals surface area contributed by atoms with Gasteiger partial charge in [0.25, 0.3) is 0 Å². The van der Waals surface area contributed by atoms with Crippen LogP contribution in [-0.4, -0.2) is 21.8 Å². The molecule has 0 aliphatic rings. The molecule has 1 aromatic heterocycles. The van der Waals surface area contributed by atoms with E-state index in [1.54, 1.807) is 6.20 Å². The van der Waals surface area contributed by atoms with Gasteiger partial charge in [0.05, 0.1) is 5.92 Å².